The zero-order chi connectivity index (χ0) is 13.0. The zero-order valence-corrected chi connectivity index (χ0v) is 10.6. The minimum absolute atomic E-state index is 0.446. The SMILES string of the molecule is O=C(O)C1CCCN1C(=O)OCC1CCCCC1. The first-order valence-electron chi connectivity index (χ1n) is 6.84. The van der Waals surface area contributed by atoms with Crippen molar-refractivity contribution in [3.05, 3.63) is 0 Å². The van der Waals surface area contributed by atoms with Crippen LogP contribution < -0.4 is 0 Å². The average molecular weight is 255 g/mol. The summed E-state index contributed by atoms with van der Waals surface area (Å²) in [7, 11) is 0. The lowest BCUT2D eigenvalue weighted by molar-refractivity contribution is -0.141. The third-order valence-corrected chi connectivity index (χ3v) is 3.94. The maximum atomic E-state index is 11.8. The zero-order valence-electron chi connectivity index (χ0n) is 10.6. The second-order valence-corrected chi connectivity index (χ2v) is 5.27. The second kappa shape index (κ2) is 6.07. The van der Waals surface area contributed by atoms with Crippen molar-refractivity contribution in [3.63, 3.8) is 0 Å². The first-order valence-corrected chi connectivity index (χ1v) is 6.84. The van der Waals surface area contributed by atoms with Gasteiger partial charge in [0.1, 0.15) is 6.04 Å². The molecule has 1 saturated carbocycles. The molecular formula is C13H21NO4. The monoisotopic (exact) mass is 255 g/mol. The van der Waals surface area contributed by atoms with Crippen molar-refractivity contribution in [2.75, 3.05) is 13.2 Å². The van der Waals surface area contributed by atoms with Crippen molar-refractivity contribution < 1.29 is 19.4 Å². The first kappa shape index (κ1) is 13.2. The van der Waals surface area contributed by atoms with Crippen LogP contribution in [-0.4, -0.2) is 41.3 Å². The maximum Gasteiger partial charge on any atom is 0.410 e. The minimum atomic E-state index is -0.929. The summed E-state index contributed by atoms with van der Waals surface area (Å²) < 4.78 is 5.27. The van der Waals surface area contributed by atoms with Gasteiger partial charge in [0.25, 0.3) is 0 Å². The summed E-state index contributed by atoms with van der Waals surface area (Å²) in [6.45, 7) is 0.947. The van der Waals surface area contributed by atoms with Crippen molar-refractivity contribution in [2.45, 2.75) is 51.0 Å². The molecule has 0 aromatic carbocycles. The van der Waals surface area contributed by atoms with Crippen LogP contribution in [0.2, 0.25) is 0 Å². The van der Waals surface area contributed by atoms with E-state index in [0.717, 1.165) is 19.3 Å². The molecule has 0 radical (unpaired) electrons. The first-order chi connectivity index (χ1) is 8.68. The van der Waals surface area contributed by atoms with Gasteiger partial charge in [-0.1, -0.05) is 19.3 Å². The Morgan fingerprint density at radius 2 is 1.83 bits per heavy atom. The highest BCUT2D eigenvalue weighted by Gasteiger charge is 2.35. The molecule has 1 N–H and O–H groups in total. The Hall–Kier alpha value is -1.26. The highest BCUT2D eigenvalue weighted by molar-refractivity contribution is 5.80. The second-order valence-electron chi connectivity index (χ2n) is 5.27. The van der Waals surface area contributed by atoms with E-state index in [-0.39, 0.29) is 0 Å². The summed E-state index contributed by atoms with van der Waals surface area (Å²) in [5.74, 6) is -0.462. The summed E-state index contributed by atoms with van der Waals surface area (Å²) >= 11 is 0. The van der Waals surface area contributed by atoms with E-state index in [1.165, 1.54) is 24.2 Å². The number of amides is 1. The lowest BCUT2D eigenvalue weighted by atomic mass is 9.90. The van der Waals surface area contributed by atoms with Gasteiger partial charge < -0.3 is 9.84 Å². The standard InChI is InChI=1S/C13H21NO4/c15-12(16)11-7-4-8-14(11)13(17)18-9-10-5-2-1-3-6-10/h10-11H,1-9H2,(H,15,16). The van der Waals surface area contributed by atoms with E-state index in [1.807, 2.05) is 0 Å². The van der Waals surface area contributed by atoms with Crippen molar-refractivity contribution >= 4 is 12.1 Å². The number of likely N-dealkylation sites (tertiary alicyclic amines) is 1. The van der Waals surface area contributed by atoms with Crippen LogP contribution in [0.15, 0.2) is 0 Å². The molecule has 1 atom stereocenters. The molecule has 0 aromatic rings. The van der Waals surface area contributed by atoms with Crippen molar-refractivity contribution in [2.24, 2.45) is 5.92 Å². The Bertz CT molecular complexity index is 312. The molecule has 18 heavy (non-hydrogen) atoms. The molecule has 5 heteroatoms. The van der Waals surface area contributed by atoms with Crippen molar-refractivity contribution in [1.82, 2.24) is 4.90 Å². The predicted molar refractivity (Wildman–Crippen MR) is 65.3 cm³/mol. The van der Waals surface area contributed by atoms with Gasteiger partial charge >= 0.3 is 12.1 Å². The molecule has 102 valence electrons. The summed E-state index contributed by atoms with van der Waals surface area (Å²) in [4.78, 5) is 24.2. The van der Waals surface area contributed by atoms with Crippen molar-refractivity contribution in [3.8, 4) is 0 Å². The molecular weight excluding hydrogens is 234 g/mol. The molecule has 1 saturated heterocycles. The van der Waals surface area contributed by atoms with Gasteiger partial charge in [-0.25, -0.2) is 9.59 Å². The molecule has 1 amide bonds. The van der Waals surface area contributed by atoms with E-state index >= 15 is 0 Å². The van der Waals surface area contributed by atoms with Crippen LogP contribution in [-0.2, 0) is 9.53 Å². The Morgan fingerprint density at radius 3 is 2.50 bits per heavy atom. The number of hydrogen-bond donors (Lipinski definition) is 1. The summed E-state index contributed by atoms with van der Waals surface area (Å²) in [5, 5.41) is 9.00. The van der Waals surface area contributed by atoms with Gasteiger partial charge in [-0.05, 0) is 31.6 Å². The quantitative estimate of drug-likeness (QED) is 0.840. The van der Waals surface area contributed by atoms with Gasteiger partial charge in [-0.3, -0.25) is 4.90 Å². The lowest BCUT2D eigenvalue weighted by Gasteiger charge is -2.24. The summed E-state index contributed by atoms with van der Waals surface area (Å²) in [5.41, 5.74) is 0. The number of hydrogen-bond acceptors (Lipinski definition) is 3. The number of carbonyl (C=O) groups excluding carboxylic acids is 1. The van der Waals surface area contributed by atoms with E-state index in [9.17, 15) is 9.59 Å². The van der Waals surface area contributed by atoms with Gasteiger partial charge in [0.2, 0.25) is 0 Å². The highest BCUT2D eigenvalue weighted by atomic mass is 16.6. The number of carboxylic acids is 1. The molecule has 1 unspecified atom stereocenters. The fraction of sp³-hybridized carbons (Fsp3) is 0.846. The number of rotatable bonds is 3. The molecule has 2 fully saturated rings. The Kier molecular flexibility index (Phi) is 4.44. The Balaban J connectivity index is 1.78. The topological polar surface area (TPSA) is 66.8 Å². The molecule has 1 heterocycles. The van der Waals surface area contributed by atoms with Gasteiger partial charge in [-0.2, -0.15) is 0 Å². The molecule has 2 rings (SSSR count). The van der Waals surface area contributed by atoms with Gasteiger partial charge in [0, 0.05) is 6.54 Å². The molecule has 0 aromatic heterocycles. The van der Waals surface area contributed by atoms with E-state index in [2.05, 4.69) is 0 Å². The van der Waals surface area contributed by atoms with Crippen LogP contribution in [0.25, 0.3) is 0 Å². The van der Waals surface area contributed by atoms with Crippen LogP contribution in [0.5, 0.6) is 0 Å². The summed E-state index contributed by atoms with van der Waals surface area (Å²) in [6.07, 6.45) is 6.77. The van der Waals surface area contributed by atoms with E-state index in [0.29, 0.717) is 25.5 Å². The van der Waals surface area contributed by atoms with Crippen LogP contribution >= 0.6 is 0 Å². The number of carboxylic acid groups (broad SMARTS) is 1. The molecule has 1 aliphatic carbocycles. The maximum absolute atomic E-state index is 11.8. The smallest absolute Gasteiger partial charge is 0.410 e. The van der Waals surface area contributed by atoms with Crippen LogP contribution in [0, 0.1) is 5.92 Å². The van der Waals surface area contributed by atoms with Crippen molar-refractivity contribution in [1.29, 1.82) is 0 Å². The largest absolute Gasteiger partial charge is 0.480 e. The highest BCUT2D eigenvalue weighted by Crippen LogP contribution is 2.24. The molecule has 0 bridgehead atoms. The number of ether oxygens (including phenoxy) is 1. The van der Waals surface area contributed by atoms with Crippen LogP contribution in [0.3, 0.4) is 0 Å². The fourth-order valence-corrected chi connectivity index (χ4v) is 2.87. The number of aliphatic carboxylic acids is 1. The van der Waals surface area contributed by atoms with Gasteiger partial charge in [-0.15, -0.1) is 0 Å². The number of nitrogens with zero attached hydrogens (tertiary/aromatic N) is 1. The van der Waals surface area contributed by atoms with Gasteiger partial charge in [0.05, 0.1) is 6.61 Å². The normalized spacial score (nSPS) is 25.1. The van der Waals surface area contributed by atoms with Crippen LogP contribution in [0.1, 0.15) is 44.9 Å². The average Bonchev–Trinajstić information content (AvgIpc) is 2.86. The molecule has 0 spiro atoms. The van der Waals surface area contributed by atoms with Gasteiger partial charge in [0.15, 0.2) is 0 Å². The minimum Gasteiger partial charge on any atom is -0.480 e. The fourth-order valence-electron chi connectivity index (χ4n) is 2.87. The Labute approximate surface area is 107 Å². The molecule has 5 nitrogen and oxygen atoms in total. The third-order valence-electron chi connectivity index (χ3n) is 3.94. The third kappa shape index (κ3) is 3.15. The van der Waals surface area contributed by atoms with E-state index in [1.54, 1.807) is 0 Å². The Morgan fingerprint density at radius 1 is 1.11 bits per heavy atom. The van der Waals surface area contributed by atoms with Crippen LogP contribution in [0.4, 0.5) is 4.79 Å². The van der Waals surface area contributed by atoms with E-state index < -0.39 is 18.1 Å². The number of carbonyl (C=O) groups is 2. The van der Waals surface area contributed by atoms with E-state index in [4.69, 9.17) is 9.84 Å². The lowest BCUT2D eigenvalue weighted by Crippen LogP contribution is -2.41. The molecule has 2 aliphatic rings. The predicted octanol–water partition coefficient (Wildman–Crippen LogP) is 2.25. The molecule has 1 aliphatic heterocycles. The summed E-state index contributed by atoms with van der Waals surface area (Å²) in [6, 6.07) is -0.691.